The number of hydrogen-bond acceptors (Lipinski definition) is 3. The first kappa shape index (κ1) is 9.67. The summed E-state index contributed by atoms with van der Waals surface area (Å²) in [6.45, 7) is 0.389. The van der Waals surface area contributed by atoms with E-state index in [1.165, 1.54) is 6.33 Å². The van der Waals surface area contributed by atoms with Gasteiger partial charge in [-0.3, -0.25) is 4.79 Å². The molecule has 2 rings (SSSR count). The lowest BCUT2D eigenvalue weighted by Crippen LogP contribution is -2.07. The molecule has 0 amide bonds. The average molecular weight is 205 g/mol. The predicted molar refractivity (Wildman–Crippen MR) is 55.3 cm³/mol. The van der Waals surface area contributed by atoms with Gasteiger partial charge in [0.15, 0.2) is 0 Å². The number of fused-ring (bicyclic) bond motifs is 1. The van der Waals surface area contributed by atoms with Crippen LogP contribution in [-0.2, 0) is 17.9 Å². The third kappa shape index (κ3) is 1.82. The number of carbonyl (C=O) groups is 1. The topological polar surface area (TPSA) is 81.1 Å². The molecule has 15 heavy (non-hydrogen) atoms. The normalized spacial score (nSPS) is 10.7. The fraction of sp³-hybridized carbons (Fsp3) is 0.200. The van der Waals surface area contributed by atoms with Gasteiger partial charge in [-0.05, 0) is 17.7 Å². The van der Waals surface area contributed by atoms with E-state index in [0.29, 0.717) is 6.54 Å². The molecular formula is C10H11N3O2. The monoisotopic (exact) mass is 205 g/mol. The van der Waals surface area contributed by atoms with Gasteiger partial charge in [0.2, 0.25) is 0 Å². The number of rotatable bonds is 3. The molecular weight excluding hydrogens is 194 g/mol. The van der Waals surface area contributed by atoms with Crippen LogP contribution in [-0.4, -0.2) is 20.6 Å². The molecule has 0 atom stereocenters. The van der Waals surface area contributed by atoms with E-state index in [0.717, 1.165) is 16.6 Å². The van der Waals surface area contributed by atoms with Crippen LogP contribution in [0.5, 0.6) is 0 Å². The van der Waals surface area contributed by atoms with Crippen molar-refractivity contribution >= 4 is 17.0 Å². The SMILES string of the molecule is NCc1ccc2c(c1)ncn2CC(=O)O. The molecule has 0 unspecified atom stereocenters. The zero-order valence-electron chi connectivity index (χ0n) is 8.05. The second kappa shape index (κ2) is 3.70. The highest BCUT2D eigenvalue weighted by atomic mass is 16.4. The maximum absolute atomic E-state index is 10.6. The third-order valence-corrected chi connectivity index (χ3v) is 2.23. The Hall–Kier alpha value is -1.88. The molecule has 0 aliphatic heterocycles. The van der Waals surface area contributed by atoms with Gasteiger partial charge in [0, 0.05) is 6.54 Å². The number of benzene rings is 1. The molecule has 78 valence electrons. The Morgan fingerprint density at radius 2 is 2.33 bits per heavy atom. The van der Waals surface area contributed by atoms with Gasteiger partial charge in [0.1, 0.15) is 6.54 Å². The third-order valence-electron chi connectivity index (χ3n) is 2.23. The Balaban J connectivity index is 2.47. The van der Waals surface area contributed by atoms with Crippen molar-refractivity contribution in [2.75, 3.05) is 0 Å². The van der Waals surface area contributed by atoms with Crippen molar-refractivity contribution in [3.8, 4) is 0 Å². The van der Waals surface area contributed by atoms with Crippen molar-refractivity contribution in [2.45, 2.75) is 13.1 Å². The van der Waals surface area contributed by atoms with Crippen LogP contribution in [0.25, 0.3) is 11.0 Å². The van der Waals surface area contributed by atoms with Crippen LogP contribution in [0.1, 0.15) is 5.56 Å². The van der Waals surface area contributed by atoms with Crippen LogP contribution < -0.4 is 5.73 Å². The van der Waals surface area contributed by atoms with E-state index in [9.17, 15) is 4.79 Å². The minimum absolute atomic E-state index is 0.0710. The average Bonchev–Trinajstić information content (AvgIpc) is 2.60. The van der Waals surface area contributed by atoms with Crippen LogP contribution in [0.15, 0.2) is 24.5 Å². The number of nitrogens with zero attached hydrogens (tertiary/aromatic N) is 2. The lowest BCUT2D eigenvalue weighted by atomic mass is 10.2. The van der Waals surface area contributed by atoms with Gasteiger partial charge in [-0.25, -0.2) is 4.98 Å². The van der Waals surface area contributed by atoms with Gasteiger partial charge in [0.05, 0.1) is 17.4 Å². The molecule has 0 fully saturated rings. The Morgan fingerprint density at radius 3 is 3.00 bits per heavy atom. The van der Waals surface area contributed by atoms with Gasteiger partial charge in [-0.2, -0.15) is 0 Å². The number of nitrogens with two attached hydrogens (primary N) is 1. The molecule has 0 saturated heterocycles. The Morgan fingerprint density at radius 1 is 1.53 bits per heavy atom. The zero-order chi connectivity index (χ0) is 10.8. The van der Waals surface area contributed by atoms with E-state index in [-0.39, 0.29) is 6.54 Å². The number of carboxylic acids is 1. The second-order valence-electron chi connectivity index (χ2n) is 3.29. The predicted octanol–water partition coefficient (Wildman–Crippen LogP) is 0.580. The van der Waals surface area contributed by atoms with Gasteiger partial charge < -0.3 is 15.4 Å². The molecule has 0 aliphatic rings. The van der Waals surface area contributed by atoms with E-state index in [1.54, 1.807) is 4.57 Å². The van der Waals surface area contributed by atoms with Gasteiger partial charge in [0.25, 0.3) is 0 Å². The lowest BCUT2D eigenvalue weighted by molar-refractivity contribution is -0.137. The second-order valence-corrected chi connectivity index (χ2v) is 3.29. The van der Waals surface area contributed by atoms with E-state index in [4.69, 9.17) is 10.8 Å². The highest BCUT2D eigenvalue weighted by molar-refractivity contribution is 5.78. The lowest BCUT2D eigenvalue weighted by Gasteiger charge is -2.00. The maximum Gasteiger partial charge on any atom is 0.323 e. The number of aliphatic carboxylic acids is 1. The molecule has 0 saturated carbocycles. The van der Waals surface area contributed by atoms with Crippen molar-refractivity contribution in [1.29, 1.82) is 0 Å². The van der Waals surface area contributed by atoms with E-state index in [1.807, 2.05) is 18.2 Å². The molecule has 5 heteroatoms. The van der Waals surface area contributed by atoms with Gasteiger partial charge in [-0.15, -0.1) is 0 Å². The van der Waals surface area contributed by atoms with E-state index >= 15 is 0 Å². The summed E-state index contributed by atoms with van der Waals surface area (Å²) in [6.07, 6.45) is 1.53. The summed E-state index contributed by atoms with van der Waals surface area (Å²) < 4.78 is 1.60. The Bertz CT molecular complexity index is 504. The first-order valence-corrected chi connectivity index (χ1v) is 4.56. The molecule has 1 aromatic carbocycles. The van der Waals surface area contributed by atoms with Crippen molar-refractivity contribution in [1.82, 2.24) is 9.55 Å². The smallest absolute Gasteiger partial charge is 0.323 e. The summed E-state index contributed by atoms with van der Waals surface area (Å²) in [7, 11) is 0. The number of hydrogen-bond donors (Lipinski definition) is 2. The van der Waals surface area contributed by atoms with Gasteiger partial charge in [-0.1, -0.05) is 6.07 Å². The van der Waals surface area contributed by atoms with E-state index in [2.05, 4.69) is 4.98 Å². The summed E-state index contributed by atoms with van der Waals surface area (Å²) >= 11 is 0. The standard InChI is InChI=1S/C10H11N3O2/c11-4-7-1-2-9-8(3-7)12-6-13(9)5-10(14)15/h1-3,6H,4-5,11H2,(H,14,15). The Kier molecular flexibility index (Phi) is 2.39. The minimum Gasteiger partial charge on any atom is -0.480 e. The summed E-state index contributed by atoms with van der Waals surface area (Å²) in [5.41, 5.74) is 8.08. The first-order chi connectivity index (χ1) is 7.20. The largest absolute Gasteiger partial charge is 0.480 e. The fourth-order valence-corrected chi connectivity index (χ4v) is 1.51. The zero-order valence-corrected chi connectivity index (χ0v) is 8.05. The molecule has 0 spiro atoms. The van der Waals surface area contributed by atoms with Crippen molar-refractivity contribution < 1.29 is 9.90 Å². The van der Waals surface area contributed by atoms with Crippen LogP contribution >= 0.6 is 0 Å². The minimum atomic E-state index is -0.878. The van der Waals surface area contributed by atoms with Crippen molar-refractivity contribution in [3.63, 3.8) is 0 Å². The summed E-state index contributed by atoms with van der Waals surface area (Å²) in [4.78, 5) is 14.7. The highest BCUT2D eigenvalue weighted by Gasteiger charge is 2.05. The highest BCUT2D eigenvalue weighted by Crippen LogP contribution is 2.14. The van der Waals surface area contributed by atoms with Crippen LogP contribution in [0.3, 0.4) is 0 Å². The molecule has 3 N–H and O–H groups in total. The molecule has 0 radical (unpaired) electrons. The molecule has 0 bridgehead atoms. The van der Waals surface area contributed by atoms with Crippen LogP contribution in [0.4, 0.5) is 0 Å². The summed E-state index contributed by atoms with van der Waals surface area (Å²) in [5.74, 6) is -0.878. The molecule has 2 aromatic rings. The van der Waals surface area contributed by atoms with Crippen molar-refractivity contribution in [2.24, 2.45) is 5.73 Å². The summed E-state index contributed by atoms with van der Waals surface area (Å²) in [6, 6.07) is 5.59. The molecule has 5 nitrogen and oxygen atoms in total. The quantitative estimate of drug-likeness (QED) is 0.768. The van der Waals surface area contributed by atoms with Crippen LogP contribution in [0.2, 0.25) is 0 Å². The maximum atomic E-state index is 10.6. The van der Waals surface area contributed by atoms with Crippen LogP contribution in [0, 0.1) is 0 Å². The summed E-state index contributed by atoms with van der Waals surface area (Å²) in [5, 5.41) is 8.68. The van der Waals surface area contributed by atoms with Gasteiger partial charge >= 0.3 is 5.97 Å². The number of imidazole rings is 1. The molecule has 0 aliphatic carbocycles. The molecule has 1 heterocycles. The molecule has 1 aromatic heterocycles. The van der Waals surface area contributed by atoms with Crippen molar-refractivity contribution in [3.05, 3.63) is 30.1 Å². The first-order valence-electron chi connectivity index (χ1n) is 4.56. The van der Waals surface area contributed by atoms with E-state index < -0.39 is 5.97 Å². The Labute approximate surface area is 86.1 Å². The number of carboxylic acid groups (broad SMARTS) is 1. The fourth-order valence-electron chi connectivity index (χ4n) is 1.51. The number of aromatic nitrogens is 2.